The molecule has 0 saturated carbocycles. The number of rotatable bonds is 9. The molecule has 7 nitrogen and oxygen atoms in total. The summed E-state index contributed by atoms with van der Waals surface area (Å²) in [5, 5.41) is 10.1. The number of likely N-dealkylation sites (N-methyl/N-ethyl adjacent to an activating group) is 1. The van der Waals surface area contributed by atoms with E-state index in [2.05, 4.69) is 34.5 Å². The Morgan fingerprint density at radius 2 is 2.07 bits per heavy atom. The predicted molar refractivity (Wildman–Crippen MR) is 109 cm³/mol. The van der Waals surface area contributed by atoms with E-state index in [4.69, 9.17) is 4.42 Å². The highest BCUT2D eigenvalue weighted by molar-refractivity contribution is 5.89. The maximum absolute atomic E-state index is 12.4. The fourth-order valence-electron chi connectivity index (χ4n) is 3.25. The Bertz CT molecular complexity index is 842. The van der Waals surface area contributed by atoms with Crippen molar-refractivity contribution in [2.45, 2.75) is 26.4 Å². The van der Waals surface area contributed by atoms with Gasteiger partial charge in [-0.3, -0.25) is 9.58 Å². The van der Waals surface area contributed by atoms with Crippen LogP contribution in [0.15, 0.2) is 65.5 Å². The van der Waals surface area contributed by atoms with Crippen molar-refractivity contribution in [2.75, 3.05) is 25.0 Å². The summed E-state index contributed by atoms with van der Waals surface area (Å²) in [6.07, 6.45) is 5.33. The van der Waals surface area contributed by atoms with Crippen molar-refractivity contribution in [3.8, 4) is 0 Å². The van der Waals surface area contributed by atoms with E-state index >= 15 is 0 Å². The molecule has 2 heterocycles. The van der Waals surface area contributed by atoms with E-state index in [1.165, 1.54) is 0 Å². The molecule has 2 aromatic heterocycles. The second kappa shape index (κ2) is 9.75. The van der Waals surface area contributed by atoms with Crippen LogP contribution in [-0.2, 0) is 6.54 Å². The van der Waals surface area contributed by atoms with E-state index in [0.717, 1.165) is 30.1 Å². The summed E-state index contributed by atoms with van der Waals surface area (Å²) in [6, 6.07) is 13.2. The van der Waals surface area contributed by atoms with Crippen LogP contribution in [0.5, 0.6) is 0 Å². The summed E-state index contributed by atoms with van der Waals surface area (Å²) in [6.45, 7) is 7.08. The standard InChI is InChI=1S/C21H27N5O2/c1-3-25(4-2)19(20-10-6-13-28-20)15-22-21(27)24-18-9-5-8-17(14-18)16-26-12-7-11-23-26/h5-14,19H,3-4,15-16H2,1-2H3,(H2,22,24,27). The number of carbonyl (C=O) groups is 1. The minimum atomic E-state index is -0.236. The second-order valence-electron chi connectivity index (χ2n) is 6.49. The molecular weight excluding hydrogens is 354 g/mol. The number of hydrogen-bond donors (Lipinski definition) is 2. The molecule has 1 unspecified atom stereocenters. The van der Waals surface area contributed by atoms with Crippen LogP contribution in [-0.4, -0.2) is 40.3 Å². The summed E-state index contributed by atoms with van der Waals surface area (Å²) in [5.74, 6) is 0.852. The number of urea groups is 1. The molecule has 0 radical (unpaired) electrons. The number of aromatic nitrogens is 2. The minimum Gasteiger partial charge on any atom is -0.468 e. The topological polar surface area (TPSA) is 75.3 Å². The Balaban J connectivity index is 1.58. The van der Waals surface area contributed by atoms with Crippen molar-refractivity contribution < 1.29 is 9.21 Å². The van der Waals surface area contributed by atoms with Crippen molar-refractivity contribution in [1.82, 2.24) is 20.0 Å². The van der Waals surface area contributed by atoms with Gasteiger partial charge in [-0.05, 0) is 49.0 Å². The third-order valence-electron chi connectivity index (χ3n) is 4.67. The lowest BCUT2D eigenvalue weighted by atomic mass is 10.2. The van der Waals surface area contributed by atoms with Crippen molar-refractivity contribution in [3.05, 3.63) is 72.4 Å². The van der Waals surface area contributed by atoms with Gasteiger partial charge in [-0.25, -0.2) is 4.79 Å². The lowest BCUT2D eigenvalue weighted by Gasteiger charge is -2.28. The zero-order valence-electron chi connectivity index (χ0n) is 16.3. The average molecular weight is 381 g/mol. The van der Waals surface area contributed by atoms with Gasteiger partial charge in [-0.15, -0.1) is 0 Å². The number of nitrogens with one attached hydrogen (secondary N) is 2. The number of anilines is 1. The number of benzene rings is 1. The first-order valence-electron chi connectivity index (χ1n) is 9.58. The van der Waals surface area contributed by atoms with Crippen LogP contribution < -0.4 is 10.6 Å². The summed E-state index contributed by atoms with van der Waals surface area (Å²) in [4.78, 5) is 14.7. The Labute approximate surface area is 165 Å². The number of carbonyl (C=O) groups excluding carboxylic acids is 1. The zero-order chi connectivity index (χ0) is 19.8. The van der Waals surface area contributed by atoms with E-state index in [1.807, 2.05) is 53.3 Å². The van der Waals surface area contributed by atoms with Crippen LogP contribution in [0, 0.1) is 0 Å². The third-order valence-corrected chi connectivity index (χ3v) is 4.67. The second-order valence-corrected chi connectivity index (χ2v) is 6.49. The van der Waals surface area contributed by atoms with E-state index in [9.17, 15) is 4.79 Å². The minimum absolute atomic E-state index is 0.00176. The highest BCUT2D eigenvalue weighted by atomic mass is 16.3. The molecule has 1 aromatic carbocycles. The summed E-state index contributed by atoms with van der Waals surface area (Å²) >= 11 is 0. The van der Waals surface area contributed by atoms with E-state index < -0.39 is 0 Å². The van der Waals surface area contributed by atoms with Crippen LogP contribution in [0.3, 0.4) is 0 Å². The zero-order valence-corrected chi connectivity index (χ0v) is 16.3. The summed E-state index contributed by atoms with van der Waals surface area (Å²) in [7, 11) is 0. The first kappa shape index (κ1) is 19.7. The van der Waals surface area contributed by atoms with Gasteiger partial charge >= 0.3 is 6.03 Å². The lowest BCUT2D eigenvalue weighted by molar-refractivity contribution is 0.188. The van der Waals surface area contributed by atoms with E-state index in [0.29, 0.717) is 13.1 Å². The van der Waals surface area contributed by atoms with Crippen LogP contribution in [0.2, 0.25) is 0 Å². The Morgan fingerprint density at radius 1 is 1.21 bits per heavy atom. The van der Waals surface area contributed by atoms with E-state index in [1.54, 1.807) is 12.5 Å². The van der Waals surface area contributed by atoms with Gasteiger partial charge in [-0.2, -0.15) is 5.10 Å². The molecule has 0 aliphatic carbocycles. The van der Waals surface area contributed by atoms with Gasteiger partial charge in [0, 0.05) is 24.6 Å². The molecule has 2 amide bonds. The number of furan rings is 1. The molecule has 3 aromatic rings. The molecule has 148 valence electrons. The molecule has 0 bridgehead atoms. The summed E-state index contributed by atoms with van der Waals surface area (Å²) < 4.78 is 7.42. The molecule has 1 atom stereocenters. The van der Waals surface area contributed by atoms with Gasteiger partial charge in [-0.1, -0.05) is 26.0 Å². The number of amides is 2. The SMILES string of the molecule is CCN(CC)C(CNC(=O)Nc1cccc(Cn2cccn2)c1)c1ccco1. The van der Waals surface area contributed by atoms with Crippen LogP contribution in [0.1, 0.15) is 31.2 Å². The Hall–Kier alpha value is -3.06. The van der Waals surface area contributed by atoms with Crippen LogP contribution in [0.25, 0.3) is 0 Å². The maximum Gasteiger partial charge on any atom is 0.319 e. The van der Waals surface area contributed by atoms with Gasteiger partial charge in [0.25, 0.3) is 0 Å². The van der Waals surface area contributed by atoms with Crippen molar-refractivity contribution in [1.29, 1.82) is 0 Å². The van der Waals surface area contributed by atoms with Gasteiger partial charge in [0.1, 0.15) is 5.76 Å². The molecule has 0 fully saturated rings. The van der Waals surface area contributed by atoms with Crippen molar-refractivity contribution in [3.63, 3.8) is 0 Å². The lowest BCUT2D eigenvalue weighted by Crippen LogP contribution is -2.39. The first-order chi connectivity index (χ1) is 13.7. The molecule has 0 spiro atoms. The predicted octanol–water partition coefficient (Wildman–Crippen LogP) is 3.73. The normalized spacial score (nSPS) is 12.1. The van der Waals surface area contributed by atoms with Crippen LogP contribution in [0.4, 0.5) is 10.5 Å². The quantitative estimate of drug-likeness (QED) is 0.592. The average Bonchev–Trinajstić information content (AvgIpc) is 3.39. The molecule has 3 rings (SSSR count). The molecule has 7 heteroatoms. The van der Waals surface area contributed by atoms with Crippen molar-refractivity contribution in [2.24, 2.45) is 0 Å². The monoisotopic (exact) mass is 381 g/mol. The number of nitrogens with zero attached hydrogens (tertiary/aromatic N) is 3. The van der Waals surface area contributed by atoms with Gasteiger partial charge in [0.2, 0.25) is 0 Å². The first-order valence-corrected chi connectivity index (χ1v) is 9.58. The largest absolute Gasteiger partial charge is 0.468 e. The Kier molecular flexibility index (Phi) is 6.86. The molecule has 0 aliphatic rings. The molecule has 0 saturated heterocycles. The van der Waals surface area contributed by atoms with Gasteiger partial charge in [0.05, 0.1) is 18.8 Å². The smallest absolute Gasteiger partial charge is 0.319 e. The molecule has 2 N–H and O–H groups in total. The van der Waals surface area contributed by atoms with Crippen molar-refractivity contribution >= 4 is 11.7 Å². The highest BCUT2D eigenvalue weighted by Gasteiger charge is 2.21. The highest BCUT2D eigenvalue weighted by Crippen LogP contribution is 2.20. The number of hydrogen-bond acceptors (Lipinski definition) is 4. The summed E-state index contributed by atoms with van der Waals surface area (Å²) in [5.41, 5.74) is 1.82. The fraction of sp³-hybridized carbons (Fsp3) is 0.333. The molecular formula is C21H27N5O2. The third kappa shape index (κ3) is 5.23. The Morgan fingerprint density at radius 3 is 2.75 bits per heavy atom. The fourth-order valence-corrected chi connectivity index (χ4v) is 3.25. The molecule has 28 heavy (non-hydrogen) atoms. The molecule has 0 aliphatic heterocycles. The van der Waals surface area contributed by atoms with Gasteiger partial charge < -0.3 is 15.1 Å². The van der Waals surface area contributed by atoms with Crippen LogP contribution >= 0.6 is 0 Å². The van der Waals surface area contributed by atoms with E-state index in [-0.39, 0.29) is 12.1 Å². The van der Waals surface area contributed by atoms with Gasteiger partial charge in [0.15, 0.2) is 0 Å². The maximum atomic E-state index is 12.4.